The smallest absolute Gasteiger partial charge is 0.339 e. The van der Waals surface area contributed by atoms with Crippen LogP contribution in [0.1, 0.15) is 29.3 Å². The van der Waals surface area contributed by atoms with Gasteiger partial charge in [-0.15, -0.1) is 0 Å². The van der Waals surface area contributed by atoms with Gasteiger partial charge in [-0.1, -0.05) is 36.2 Å². The fourth-order valence-corrected chi connectivity index (χ4v) is 4.25. The SMILES string of the molecule is CCC(C(=O)Nc1ccc(Cl)c(C(=O)OC)c1)N(c1ccc(C)cc1)S(C)(=O)=O. The Morgan fingerprint density at radius 1 is 1.17 bits per heavy atom. The summed E-state index contributed by atoms with van der Waals surface area (Å²) >= 11 is 6.00. The number of nitrogens with one attached hydrogen (secondary N) is 1. The molecular weight excluding hydrogens is 416 g/mol. The number of amides is 1. The Labute approximate surface area is 175 Å². The number of sulfonamides is 1. The number of carbonyl (C=O) groups excluding carboxylic acids is 2. The predicted molar refractivity (Wildman–Crippen MR) is 114 cm³/mol. The summed E-state index contributed by atoms with van der Waals surface area (Å²) in [6, 6.07) is 10.3. The lowest BCUT2D eigenvalue weighted by Gasteiger charge is -2.30. The molecule has 1 atom stereocenters. The van der Waals surface area contributed by atoms with Crippen molar-refractivity contribution in [3.8, 4) is 0 Å². The average Bonchev–Trinajstić information content (AvgIpc) is 2.66. The first kappa shape index (κ1) is 22.7. The van der Waals surface area contributed by atoms with E-state index in [9.17, 15) is 18.0 Å². The van der Waals surface area contributed by atoms with Gasteiger partial charge in [0.15, 0.2) is 0 Å². The van der Waals surface area contributed by atoms with Crippen LogP contribution in [0.25, 0.3) is 0 Å². The lowest BCUT2D eigenvalue weighted by atomic mass is 10.1. The Bertz CT molecular complexity index is 1010. The summed E-state index contributed by atoms with van der Waals surface area (Å²) in [5, 5.41) is 2.84. The van der Waals surface area contributed by atoms with Gasteiger partial charge >= 0.3 is 5.97 Å². The van der Waals surface area contributed by atoms with Gasteiger partial charge in [0.05, 0.1) is 29.6 Å². The molecule has 0 spiro atoms. The Hall–Kier alpha value is -2.58. The molecule has 0 aliphatic carbocycles. The number of esters is 1. The minimum absolute atomic E-state index is 0.0959. The predicted octanol–water partition coefficient (Wildman–Crippen LogP) is 3.62. The maximum atomic E-state index is 12.9. The van der Waals surface area contributed by atoms with Crippen molar-refractivity contribution < 1.29 is 22.7 Å². The summed E-state index contributed by atoms with van der Waals surface area (Å²) in [6.45, 7) is 3.61. The molecule has 2 aromatic carbocycles. The van der Waals surface area contributed by atoms with Crippen molar-refractivity contribution in [3.05, 3.63) is 58.6 Å². The standard InChI is InChI=1S/C20H23ClN2O5S/c1-5-18(23(29(4,26)27)15-9-6-13(2)7-10-15)19(24)22-14-8-11-17(21)16(12-14)20(25)28-3/h6-12,18H,5H2,1-4H3,(H,22,24). The van der Waals surface area contributed by atoms with Crippen molar-refractivity contribution in [3.63, 3.8) is 0 Å². The number of benzene rings is 2. The Morgan fingerprint density at radius 2 is 1.79 bits per heavy atom. The molecule has 9 heteroatoms. The summed E-state index contributed by atoms with van der Waals surface area (Å²) in [7, 11) is -2.51. The molecule has 0 fully saturated rings. The van der Waals surface area contributed by atoms with E-state index in [0.717, 1.165) is 16.1 Å². The fourth-order valence-electron chi connectivity index (χ4n) is 2.85. The quantitative estimate of drug-likeness (QED) is 0.666. The molecule has 29 heavy (non-hydrogen) atoms. The summed E-state index contributed by atoms with van der Waals surface area (Å²) in [6.07, 6.45) is 1.30. The van der Waals surface area contributed by atoms with Crippen molar-refractivity contribution in [2.75, 3.05) is 23.0 Å². The van der Waals surface area contributed by atoms with Crippen molar-refractivity contribution in [1.82, 2.24) is 0 Å². The Kier molecular flexibility index (Phi) is 7.26. The third-order valence-electron chi connectivity index (χ3n) is 4.26. The number of carbonyl (C=O) groups is 2. The van der Waals surface area contributed by atoms with Crippen LogP contribution in [0, 0.1) is 6.92 Å². The van der Waals surface area contributed by atoms with E-state index in [1.54, 1.807) is 31.2 Å². The molecule has 0 aliphatic rings. The molecule has 1 amide bonds. The second-order valence-electron chi connectivity index (χ2n) is 6.49. The number of hydrogen-bond donors (Lipinski definition) is 1. The molecule has 2 aromatic rings. The average molecular weight is 439 g/mol. The van der Waals surface area contributed by atoms with Crippen LogP contribution < -0.4 is 9.62 Å². The van der Waals surface area contributed by atoms with Gasteiger partial charge in [-0.05, 0) is 43.7 Å². The van der Waals surface area contributed by atoms with Crippen LogP contribution in [-0.2, 0) is 19.6 Å². The minimum Gasteiger partial charge on any atom is -0.465 e. The third-order valence-corrected chi connectivity index (χ3v) is 5.77. The summed E-state index contributed by atoms with van der Waals surface area (Å²) in [5.41, 5.74) is 1.76. The molecule has 7 nitrogen and oxygen atoms in total. The van der Waals surface area contributed by atoms with Crippen LogP contribution in [0.4, 0.5) is 11.4 Å². The third kappa shape index (κ3) is 5.48. The summed E-state index contributed by atoms with van der Waals surface area (Å²) in [4.78, 5) is 24.7. The van der Waals surface area contributed by atoms with Crippen LogP contribution in [0.15, 0.2) is 42.5 Å². The number of ether oxygens (including phenoxy) is 1. The number of methoxy groups -OCH3 is 1. The zero-order valence-corrected chi connectivity index (χ0v) is 18.2. The second-order valence-corrected chi connectivity index (χ2v) is 8.76. The Balaban J connectivity index is 2.37. The molecule has 0 aromatic heterocycles. The second kappa shape index (κ2) is 9.28. The largest absolute Gasteiger partial charge is 0.465 e. The topological polar surface area (TPSA) is 92.8 Å². The van der Waals surface area contributed by atoms with Crippen molar-refractivity contribution in [2.24, 2.45) is 0 Å². The fraction of sp³-hybridized carbons (Fsp3) is 0.300. The molecule has 0 bridgehead atoms. The van der Waals surface area contributed by atoms with E-state index < -0.39 is 27.9 Å². The number of nitrogens with zero attached hydrogens (tertiary/aromatic N) is 1. The molecule has 0 saturated heterocycles. The maximum Gasteiger partial charge on any atom is 0.339 e. The van der Waals surface area contributed by atoms with Gasteiger partial charge in [-0.2, -0.15) is 0 Å². The molecule has 1 N–H and O–H groups in total. The number of rotatable bonds is 7. The van der Waals surface area contributed by atoms with Gasteiger partial charge in [0.2, 0.25) is 15.9 Å². The van der Waals surface area contributed by atoms with E-state index in [1.807, 2.05) is 6.92 Å². The molecule has 0 heterocycles. The minimum atomic E-state index is -3.73. The Morgan fingerprint density at radius 3 is 2.31 bits per heavy atom. The number of hydrogen-bond acceptors (Lipinski definition) is 5. The molecule has 156 valence electrons. The first-order valence-electron chi connectivity index (χ1n) is 8.83. The highest BCUT2D eigenvalue weighted by Gasteiger charge is 2.31. The highest BCUT2D eigenvalue weighted by molar-refractivity contribution is 7.92. The molecule has 1 unspecified atom stereocenters. The lowest BCUT2D eigenvalue weighted by molar-refractivity contribution is -0.117. The van der Waals surface area contributed by atoms with E-state index in [2.05, 4.69) is 10.1 Å². The zero-order chi connectivity index (χ0) is 21.8. The van der Waals surface area contributed by atoms with Gasteiger partial charge < -0.3 is 10.1 Å². The van der Waals surface area contributed by atoms with Crippen LogP contribution in [0.3, 0.4) is 0 Å². The molecular formula is C20H23ClN2O5S. The summed E-state index contributed by atoms with van der Waals surface area (Å²) in [5.74, 6) is -1.17. The summed E-state index contributed by atoms with van der Waals surface area (Å²) < 4.78 is 30.7. The van der Waals surface area contributed by atoms with E-state index in [-0.39, 0.29) is 17.0 Å². The molecule has 2 rings (SSSR count). The highest BCUT2D eigenvalue weighted by atomic mass is 35.5. The number of anilines is 2. The number of aryl methyl sites for hydroxylation is 1. The zero-order valence-electron chi connectivity index (χ0n) is 16.6. The van der Waals surface area contributed by atoms with E-state index in [4.69, 9.17) is 11.6 Å². The molecule has 0 saturated carbocycles. The maximum absolute atomic E-state index is 12.9. The van der Waals surface area contributed by atoms with Gasteiger partial charge in [-0.25, -0.2) is 13.2 Å². The van der Waals surface area contributed by atoms with Crippen LogP contribution in [0.5, 0.6) is 0 Å². The number of halogens is 1. The van der Waals surface area contributed by atoms with E-state index in [1.165, 1.54) is 25.3 Å². The lowest BCUT2D eigenvalue weighted by Crippen LogP contribution is -2.47. The first-order valence-corrected chi connectivity index (χ1v) is 11.1. The molecule has 0 aliphatic heterocycles. The van der Waals surface area contributed by atoms with Crippen molar-refractivity contribution in [1.29, 1.82) is 0 Å². The van der Waals surface area contributed by atoms with Crippen molar-refractivity contribution >= 4 is 44.9 Å². The van der Waals surface area contributed by atoms with Crippen molar-refractivity contribution in [2.45, 2.75) is 26.3 Å². The van der Waals surface area contributed by atoms with Crippen LogP contribution >= 0.6 is 11.6 Å². The van der Waals surface area contributed by atoms with Crippen LogP contribution in [-0.4, -0.2) is 39.7 Å². The monoisotopic (exact) mass is 438 g/mol. The first-order chi connectivity index (χ1) is 13.6. The molecule has 0 radical (unpaired) electrons. The van der Waals surface area contributed by atoms with E-state index >= 15 is 0 Å². The highest BCUT2D eigenvalue weighted by Crippen LogP contribution is 2.25. The van der Waals surface area contributed by atoms with Crippen LogP contribution in [0.2, 0.25) is 5.02 Å². The van der Waals surface area contributed by atoms with E-state index in [0.29, 0.717) is 11.4 Å². The van der Waals surface area contributed by atoms with Gasteiger partial charge in [0.25, 0.3) is 0 Å². The van der Waals surface area contributed by atoms with Gasteiger partial charge in [-0.3, -0.25) is 9.10 Å². The van der Waals surface area contributed by atoms with Gasteiger partial charge in [0.1, 0.15) is 6.04 Å². The van der Waals surface area contributed by atoms with Gasteiger partial charge in [0, 0.05) is 5.69 Å². The normalized spacial score (nSPS) is 12.2.